The predicted octanol–water partition coefficient (Wildman–Crippen LogP) is 1.47. The Balaban J connectivity index is 2.92. The second-order valence-corrected chi connectivity index (χ2v) is 4.02. The quantitative estimate of drug-likeness (QED) is 0.675. The number of aliphatic hydroxyl groups excluding tert-OH is 1. The maximum Gasteiger partial charge on any atom is 0.335 e. The molecule has 0 aliphatic heterocycles. The zero-order chi connectivity index (χ0) is 12.3. The topological polar surface area (TPSA) is 82.5 Å². The van der Waals surface area contributed by atoms with Crippen LogP contribution in [0, 0.1) is 12.8 Å². The Hall–Kier alpha value is -1.62. The van der Waals surface area contributed by atoms with Crippen molar-refractivity contribution < 1.29 is 15.0 Å². The number of aliphatic hydroxyl groups is 1. The number of aromatic carboxylic acids is 1. The van der Waals surface area contributed by atoms with Crippen LogP contribution in [0.5, 0.6) is 0 Å². The summed E-state index contributed by atoms with van der Waals surface area (Å²) in [6, 6.07) is 2.89. The maximum atomic E-state index is 10.8. The number of hydrogen-bond acceptors (Lipinski definition) is 4. The number of nitrogens with one attached hydrogen (secondary N) is 1. The number of carboxylic acid groups (broad SMARTS) is 1. The van der Waals surface area contributed by atoms with E-state index in [2.05, 4.69) is 10.3 Å². The van der Waals surface area contributed by atoms with E-state index >= 15 is 0 Å². The van der Waals surface area contributed by atoms with Gasteiger partial charge in [-0.15, -0.1) is 0 Å². The Labute approximate surface area is 94.1 Å². The van der Waals surface area contributed by atoms with E-state index in [1.54, 1.807) is 6.92 Å². The molecule has 0 saturated heterocycles. The van der Waals surface area contributed by atoms with Gasteiger partial charge in [-0.25, -0.2) is 9.78 Å². The average molecular weight is 224 g/mol. The first-order valence-electron chi connectivity index (χ1n) is 5.06. The summed E-state index contributed by atoms with van der Waals surface area (Å²) in [5, 5.41) is 21.2. The molecule has 0 radical (unpaired) electrons. The lowest BCUT2D eigenvalue weighted by Gasteiger charge is -2.17. The van der Waals surface area contributed by atoms with Crippen molar-refractivity contribution in [1.82, 2.24) is 4.98 Å². The van der Waals surface area contributed by atoms with Crippen LogP contribution in [0.25, 0.3) is 0 Å². The van der Waals surface area contributed by atoms with Crippen molar-refractivity contribution in [2.24, 2.45) is 5.92 Å². The highest BCUT2D eigenvalue weighted by molar-refractivity contribution is 5.88. The molecule has 0 aliphatic carbocycles. The lowest BCUT2D eigenvalue weighted by Crippen LogP contribution is -2.25. The highest BCUT2D eigenvalue weighted by Gasteiger charge is 2.11. The second kappa shape index (κ2) is 4.94. The fourth-order valence-corrected chi connectivity index (χ4v) is 1.18. The molecule has 0 saturated carbocycles. The molecule has 3 N–H and O–H groups in total. The minimum atomic E-state index is -1.01. The third kappa shape index (κ3) is 3.20. The molecule has 0 aliphatic rings. The maximum absolute atomic E-state index is 10.8. The first kappa shape index (κ1) is 12.4. The molecule has 1 atom stereocenters. The molecule has 5 nitrogen and oxygen atoms in total. The number of carboxylic acids is 1. The van der Waals surface area contributed by atoms with Crippen molar-refractivity contribution in [3.05, 3.63) is 23.4 Å². The Morgan fingerprint density at radius 2 is 2.06 bits per heavy atom. The third-order valence-electron chi connectivity index (χ3n) is 2.13. The van der Waals surface area contributed by atoms with Crippen LogP contribution in [0.1, 0.15) is 29.9 Å². The standard InChI is InChI=1S/C11H16N2O3/c1-6(2)10(14)13-9-5-8(11(15)16)4-7(3)12-9/h4-6,10,14H,1-3H3,(H,12,13)(H,15,16). The van der Waals surface area contributed by atoms with E-state index in [0.29, 0.717) is 11.5 Å². The highest BCUT2D eigenvalue weighted by atomic mass is 16.4. The molecule has 0 bridgehead atoms. The Morgan fingerprint density at radius 1 is 1.44 bits per heavy atom. The second-order valence-electron chi connectivity index (χ2n) is 4.02. The van der Waals surface area contributed by atoms with Crippen LogP contribution < -0.4 is 5.32 Å². The molecule has 5 heteroatoms. The molecule has 1 unspecified atom stereocenters. The average Bonchev–Trinajstić information content (AvgIpc) is 2.16. The van der Waals surface area contributed by atoms with Crippen LogP contribution in [0.4, 0.5) is 5.82 Å². The number of aromatic nitrogens is 1. The number of aryl methyl sites for hydroxylation is 1. The lowest BCUT2D eigenvalue weighted by molar-refractivity contribution is 0.0696. The Morgan fingerprint density at radius 3 is 2.56 bits per heavy atom. The summed E-state index contributed by atoms with van der Waals surface area (Å²) in [5.74, 6) is -0.609. The van der Waals surface area contributed by atoms with Crippen LogP contribution in [0.2, 0.25) is 0 Å². The normalized spacial score (nSPS) is 12.6. The summed E-state index contributed by atoms with van der Waals surface area (Å²) in [4.78, 5) is 14.9. The predicted molar refractivity (Wildman–Crippen MR) is 60.4 cm³/mol. The van der Waals surface area contributed by atoms with Crippen molar-refractivity contribution in [2.75, 3.05) is 5.32 Å². The van der Waals surface area contributed by atoms with Gasteiger partial charge in [-0.3, -0.25) is 0 Å². The number of hydrogen-bond donors (Lipinski definition) is 3. The van der Waals surface area contributed by atoms with Gasteiger partial charge >= 0.3 is 5.97 Å². The summed E-state index contributed by atoms with van der Waals surface area (Å²) in [6.45, 7) is 5.41. The van der Waals surface area contributed by atoms with Gasteiger partial charge < -0.3 is 15.5 Å². The van der Waals surface area contributed by atoms with Crippen molar-refractivity contribution in [2.45, 2.75) is 27.0 Å². The van der Waals surface area contributed by atoms with E-state index in [9.17, 15) is 9.90 Å². The van der Waals surface area contributed by atoms with Crippen LogP contribution in [-0.2, 0) is 0 Å². The number of rotatable bonds is 4. The van der Waals surface area contributed by atoms with Crippen molar-refractivity contribution in [1.29, 1.82) is 0 Å². The van der Waals surface area contributed by atoms with Crippen LogP contribution in [0.3, 0.4) is 0 Å². The molecular weight excluding hydrogens is 208 g/mol. The third-order valence-corrected chi connectivity index (χ3v) is 2.13. The van der Waals surface area contributed by atoms with Gasteiger partial charge in [0.05, 0.1) is 5.56 Å². The molecule has 0 amide bonds. The van der Waals surface area contributed by atoms with Gasteiger partial charge in [-0.1, -0.05) is 13.8 Å². The summed E-state index contributed by atoms with van der Waals surface area (Å²) in [5.41, 5.74) is 0.754. The van der Waals surface area contributed by atoms with Crippen LogP contribution in [-0.4, -0.2) is 27.4 Å². The van der Waals surface area contributed by atoms with E-state index in [-0.39, 0.29) is 11.5 Å². The molecule has 88 valence electrons. The molecule has 0 aromatic carbocycles. The van der Waals surface area contributed by atoms with E-state index in [1.165, 1.54) is 12.1 Å². The number of nitrogens with zero attached hydrogens (tertiary/aromatic N) is 1. The zero-order valence-corrected chi connectivity index (χ0v) is 9.56. The lowest BCUT2D eigenvalue weighted by atomic mass is 10.2. The van der Waals surface area contributed by atoms with Gasteiger partial charge in [0.15, 0.2) is 0 Å². The van der Waals surface area contributed by atoms with Crippen molar-refractivity contribution >= 4 is 11.8 Å². The van der Waals surface area contributed by atoms with Crippen molar-refractivity contribution in [3.8, 4) is 0 Å². The smallest absolute Gasteiger partial charge is 0.335 e. The number of carbonyl (C=O) groups is 1. The molecule has 1 heterocycles. The molecule has 1 rings (SSSR count). The highest BCUT2D eigenvalue weighted by Crippen LogP contribution is 2.13. The SMILES string of the molecule is Cc1cc(C(=O)O)cc(NC(O)C(C)C)n1. The summed E-state index contributed by atoms with van der Waals surface area (Å²) < 4.78 is 0. The molecule has 1 aromatic rings. The molecule has 0 fully saturated rings. The minimum Gasteiger partial charge on any atom is -0.478 e. The van der Waals surface area contributed by atoms with Crippen LogP contribution >= 0.6 is 0 Å². The first-order chi connectivity index (χ1) is 7.40. The Kier molecular flexibility index (Phi) is 3.84. The molecule has 16 heavy (non-hydrogen) atoms. The van der Waals surface area contributed by atoms with E-state index in [4.69, 9.17) is 5.11 Å². The van der Waals surface area contributed by atoms with E-state index < -0.39 is 12.2 Å². The van der Waals surface area contributed by atoms with E-state index in [0.717, 1.165) is 0 Å². The van der Waals surface area contributed by atoms with Gasteiger partial charge in [0.2, 0.25) is 0 Å². The molecule has 1 aromatic heterocycles. The minimum absolute atomic E-state index is 0.0237. The van der Waals surface area contributed by atoms with Gasteiger partial charge in [0.25, 0.3) is 0 Å². The molecule has 0 spiro atoms. The summed E-state index contributed by atoms with van der Waals surface area (Å²) in [7, 11) is 0. The summed E-state index contributed by atoms with van der Waals surface area (Å²) in [6.07, 6.45) is -0.740. The molecular formula is C11H16N2O3. The number of anilines is 1. The van der Waals surface area contributed by atoms with Gasteiger partial charge in [0, 0.05) is 5.69 Å². The van der Waals surface area contributed by atoms with E-state index in [1.807, 2.05) is 13.8 Å². The Bertz CT molecular complexity index is 391. The van der Waals surface area contributed by atoms with Gasteiger partial charge in [-0.05, 0) is 25.0 Å². The zero-order valence-electron chi connectivity index (χ0n) is 9.56. The monoisotopic (exact) mass is 224 g/mol. The van der Waals surface area contributed by atoms with Gasteiger partial charge in [-0.2, -0.15) is 0 Å². The fourth-order valence-electron chi connectivity index (χ4n) is 1.18. The first-order valence-corrected chi connectivity index (χ1v) is 5.06. The number of pyridine rings is 1. The fraction of sp³-hybridized carbons (Fsp3) is 0.455. The van der Waals surface area contributed by atoms with Crippen molar-refractivity contribution in [3.63, 3.8) is 0 Å². The summed E-state index contributed by atoms with van der Waals surface area (Å²) >= 11 is 0. The van der Waals surface area contributed by atoms with Gasteiger partial charge in [0.1, 0.15) is 12.0 Å². The van der Waals surface area contributed by atoms with Crippen LogP contribution in [0.15, 0.2) is 12.1 Å². The largest absolute Gasteiger partial charge is 0.478 e.